The maximum atomic E-state index is 12.6. The summed E-state index contributed by atoms with van der Waals surface area (Å²) in [5.74, 6) is -0.0919. The van der Waals surface area contributed by atoms with Gasteiger partial charge in [-0.05, 0) is 55.0 Å². The van der Waals surface area contributed by atoms with Crippen LogP contribution in [0, 0.1) is 0 Å². The second kappa shape index (κ2) is 6.92. The molecule has 0 fully saturated rings. The molecular formula is C19H20N4O2S. The number of rotatable bonds is 5. The molecule has 26 heavy (non-hydrogen) atoms. The average molecular weight is 368 g/mol. The van der Waals surface area contributed by atoms with Crippen molar-refractivity contribution in [3.8, 4) is 0 Å². The van der Waals surface area contributed by atoms with Gasteiger partial charge in [0.2, 0.25) is 0 Å². The summed E-state index contributed by atoms with van der Waals surface area (Å²) in [6, 6.07) is 7.62. The summed E-state index contributed by atoms with van der Waals surface area (Å²) < 4.78 is 2.91. The van der Waals surface area contributed by atoms with Crippen LogP contribution in [0.15, 0.2) is 36.7 Å². The van der Waals surface area contributed by atoms with Gasteiger partial charge in [-0.25, -0.2) is 0 Å². The number of amides is 2. The van der Waals surface area contributed by atoms with Crippen LogP contribution in [0.2, 0.25) is 0 Å². The van der Waals surface area contributed by atoms with Crippen molar-refractivity contribution in [3.63, 3.8) is 0 Å². The normalized spacial score (nSPS) is 14.7. The molecule has 1 atom stereocenters. The van der Waals surface area contributed by atoms with E-state index >= 15 is 0 Å². The standard InChI is InChI=1S/C19H20N4O2S/c1-12(6-10-23-9-2-7-21-23)22-18(24)13-3-4-16-15(11-13)14-5-8-20-19(25)17(14)26-16/h2-4,7,9,11-12H,5-6,8,10H2,1H3,(H,20,25)(H,22,24). The van der Waals surface area contributed by atoms with Gasteiger partial charge >= 0.3 is 0 Å². The maximum Gasteiger partial charge on any atom is 0.261 e. The number of hydrogen-bond donors (Lipinski definition) is 2. The number of nitrogens with one attached hydrogen (secondary N) is 2. The van der Waals surface area contributed by atoms with Gasteiger partial charge < -0.3 is 10.6 Å². The van der Waals surface area contributed by atoms with Gasteiger partial charge in [0.25, 0.3) is 11.8 Å². The number of benzene rings is 1. The molecule has 0 aliphatic carbocycles. The van der Waals surface area contributed by atoms with E-state index in [0.717, 1.165) is 39.9 Å². The molecule has 0 saturated heterocycles. The monoisotopic (exact) mass is 368 g/mol. The zero-order valence-corrected chi connectivity index (χ0v) is 15.3. The van der Waals surface area contributed by atoms with Gasteiger partial charge in [0, 0.05) is 41.8 Å². The van der Waals surface area contributed by atoms with E-state index in [4.69, 9.17) is 0 Å². The fourth-order valence-corrected chi connectivity index (χ4v) is 4.39. The van der Waals surface area contributed by atoms with Crippen LogP contribution in [-0.4, -0.2) is 34.2 Å². The summed E-state index contributed by atoms with van der Waals surface area (Å²) in [6.45, 7) is 3.41. The van der Waals surface area contributed by atoms with E-state index in [9.17, 15) is 9.59 Å². The number of fused-ring (bicyclic) bond motifs is 3. The second-order valence-corrected chi connectivity index (χ2v) is 7.61. The van der Waals surface area contributed by atoms with E-state index < -0.39 is 0 Å². The number of aromatic nitrogens is 2. The Kier molecular flexibility index (Phi) is 4.46. The molecule has 3 aromatic rings. The van der Waals surface area contributed by atoms with Crippen molar-refractivity contribution in [1.29, 1.82) is 0 Å². The Morgan fingerprint density at radius 1 is 1.46 bits per heavy atom. The van der Waals surface area contributed by atoms with Crippen LogP contribution in [0.5, 0.6) is 0 Å². The molecule has 2 aromatic heterocycles. The zero-order valence-electron chi connectivity index (χ0n) is 14.5. The quantitative estimate of drug-likeness (QED) is 0.727. The Balaban J connectivity index is 1.49. The molecular weight excluding hydrogens is 348 g/mol. The lowest BCUT2D eigenvalue weighted by molar-refractivity contribution is 0.0933. The number of thiophene rings is 1. The summed E-state index contributed by atoms with van der Waals surface area (Å²) in [6.07, 6.45) is 5.29. The molecule has 134 valence electrons. The third kappa shape index (κ3) is 3.22. The van der Waals surface area contributed by atoms with Gasteiger partial charge in [0.1, 0.15) is 0 Å². The summed E-state index contributed by atoms with van der Waals surface area (Å²) >= 11 is 1.50. The van der Waals surface area contributed by atoms with E-state index in [1.807, 2.05) is 42.1 Å². The SMILES string of the molecule is CC(CCn1cccn1)NC(=O)c1ccc2sc3c(c2c1)CCNC3=O. The summed E-state index contributed by atoms with van der Waals surface area (Å²) in [7, 11) is 0. The predicted molar refractivity (Wildman–Crippen MR) is 102 cm³/mol. The van der Waals surface area contributed by atoms with E-state index in [1.54, 1.807) is 6.20 Å². The van der Waals surface area contributed by atoms with Crippen LogP contribution in [0.25, 0.3) is 10.1 Å². The third-order valence-electron chi connectivity index (χ3n) is 4.65. The van der Waals surface area contributed by atoms with E-state index in [-0.39, 0.29) is 17.9 Å². The zero-order chi connectivity index (χ0) is 18.1. The van der Waals surface area contributed by atoms with Crippen molar-refractivity contribution in [2.45, 2.75) is 32.4 Å². The number of carbonyl (C=O) groups is 2. The van der Waals surface area contributed by atoms with Gasteiger partial charge in [0.05, 0.1) is 4.88 Å². The average Bonchev–Trinajstić information content (AvgIpc) is 3.28. The molecule has 7 heteroatoms. The van der Waals surface area contributed by atoms with Crippen LogP contribution >= 0.6 is 11.3 Å². The fourth-order valence-electron chi connectivity index (χ4n) is 3.24. The number of carbonyl (C=O) groups excluding carboxylic acids is 2. The second-order valence-electron chi connectivity index (χ2n) is 6.56. The van der Waals surface area contributed by atoms with E-state index in [2.05, 4.69) is 15.7 Å². The van der Waals surface area contributed by atoms with Crippen LogP contribution in [-0.2, 0) is 13.0 Å². The minimum Gasteiger partial charge on any atom is -0.351 e. The molecule has 1 aliphatic heterocycles. The van der Waals surface area contributed by atoms with Gasteiger partial charge in [-0.1, -0.05) is 0 Å². The molecule has 1 aliphatic rings. The molecule has 2 N–H and O–H groups in total. The van der Waals surface area contributed by atoms with Gasteiger partial charge in [-0.15, -0.1) is 11.3 Å². The molecule has 1 unspecified atom stereocenters. The molecule has 6 nitrogen and oxygen atoms in total. The van der Waals surface area contributed by atoms with Crippen LogP contribution in [0.3, 0.4) is 0 Å². The Morgan fingerprint density at radius 3 is 3.15 bits per heavy atom. The largest absolute Gasteiger partial charge is 0.351 e. The van der Waals surface area contributed by atoms with E-state index in [0.29, 0.717) is 12.1 Å². The number of nitrogens with zero attached hydrogens (tertiary/aromatic N) is 2. The Labute approximate surface area is 155 Å². The highest BCUT2D eigenvalue weighted by atomic mass is 32.1. The first kappa shape index (κ1) is 16.8. The first-order chi connectivity index (χ1) is 12.6. The Morgan fingerprint density at radius 2 is 2.35 bits per heavy atom. The highest BCUT2D eigenvalue weighted by Gasteiger charge is 2.22. The summed E-state index contributed by atoms with van der Waals surface area (Å²) in [5, 5.41) is 11.1. The molecule has 3 heterocycles. The molecule has 0 saturated carbocycles. The van der Waals surface area contributed by atoms with Crippen molar-refractivity contribution in [2.75, 3.05) is 6.54 Å². The maximum absolute atomic E-state index is 12.6. The highest BCUT2D eigenvalue weighted by molar-refractivity contribution is 7.21. The van der Waals surface area contributed by atoms with Crippen molar-refractivity contribution in [3.05, 3.63) is 52.7 Å². The smallest absolute Gasteiger partial charge is 0.261 e. The minimum atomic E-state index is -0.0833. The molecule has 0 bridgehead atoms. The van der Waals surface area contributed by atoms with E-state index in [1.165, 1.54) is 11.3 Å². The third-order valence-corrected chi connectivity index (χ3v) is 5.86. The molecule has 0 radical (unpaired) electrons. The van der Waals surface area contributed by atoms with Crippen LogP contribution in [0.1, 0.15) is 38.9 Å². The van der Waals surface area contributed by atoms with Gasteiger partial charge in [-0.3, -0.25) is 14.3 Å². The molecule has 4 rings (SSSR count). The Bertz CT molecular complexity index is 961. The lowest BCUT2D eigenvalue weighted by atomic mass is 10.0. The molecule has 1 aromatic carbocycles. The van der Waals surface area contributed by atoms with Crippen molar-refractivity contribution >= 4 is 33.2 Å². The molecule has 0 spiro atoms. The van der Waals surface area contributed by atoms with Crippen molar-refractivity contribution < 1.29 is 9.59 Å². The fraction of sp³-hybridized carbons (Fsp3) is 0.316. The van der Waals surface area contributed by atoms with Gasteiger partial charge in [0.15, 0.2) is 0 Å². The highest BCUT2D eigenvalue weighted by Crippen LogP contribution is 2.33. The lowest BCUT2D eigenvalue weighted by Crippen LogP contribution is -2.33. The number of hydrogen-bond acceptors (Lipinski definition) is 4. The van der Waals surface area contributed by atoms with Crippen molar-refractivity contribution in [2.24, 2.45) is 0 Å². The summed E-state index contributed by atoms with van der Waals surface area (Å²) in [5.41, 5.74) is 1.70. The molecule has 2 amide bonds. The Hall–Kier alpha value is -2.67. The number of aryl methyl sites for hydroxylation is 1. The summed E-state index contributed by atoms with van der Waals surface area (Å²) in [4.78, 5) is 25.4. The van der Waals surface area contributed by atoms with Crippen molar-refractivity contribution in [1.82, 2.24) is 20.4 Å². The van der Waals surface area contributed by atoms with Gasteiger partial charge in [-0.2, -0.15) is 5.10 Å². The minimum absolute atomic E-state index is 0.00862. The lowest BCUT2D eigenvalue weighted by Gasteiger charge is -2.14. The van der Waals surface area contributed by atoms with Crippen LogP contribution in [0.4, 0.5) is 0 Å². The predicted octanol–water partition coefficient (Wildman–Crippen LogP) is 2.59. The van der Waals surface area contributed by atoms with Crippen LogP contribution < -0.4 is 10.6 Å². The first-order valence-corrected chi connectivity index (χ1v) is 9.55. The topological polar surface area (TPSA) is 76.0 Å². The first-order valence-electron chi connectivity index (χ1n) is 8.74.